The van der Waals surface area contributed by atoms with Crippen molar-refractivity contribution in [3.8, 4) is 0 Å². The summed E-state index contributed by atoms with van der Waals surface area (Å²) in [5.74, 6) is 0. The van der Waals surface area contributed by atoms with Gasteiger partial charge in [-0.05, 0) is 45.8 Å². The minimum Gasteiger partial charge on any atom is -0.336 e. The predicted octanol–water partition coefficient (Wildman–Crippen LogP) is 2.56. The van der Waals surface area contributed by atoms with E-state index in [1.54, 1.807) is 0 Å². The van der Waals surface area contributed by atoms with Gasteiger partial charge < -0.3 is 26.2 Å². The first-order chi connectivity index (χ1) is 13.1. The average Bonchev–Trinajstić information content (AvgIpc) is 2.98. The molecule has 1 saturated heterocycles. The normalized spacial score (nSPS) is 17.6. The van der Waals surface area contributed by atoms with Crippen LogP contribution < -0.4 is 21.3 Å². The van der Waals surface area contributed by atoms with E-state index in [1.807, 2.05) is 4.90 Å². The molecular formula is C21H45N5O. The van der Waals surface area contributed by atoms with Gasteiger partial charge in [-0.3, -0.25) is 0 Å². The highest BCUT2D eigenvalue weighted by Gasteiger charge is 2.37. The number of urea groups is 1. The van der Waals surface area contributed by atoms with Crippen LogP contribution in [0, 0.1) is 5.41 Å². The third kappa shape index (κ3) is 9.26. The molecule has 0 spiro atoms. The highest BCUT2D eigenvalue weighted by molar-refractivity contribution is 5.76. The van der Waals surface area contributed by atoms with E-state index in [1.165, 1.54) is 38.5 Å². The van der Waals surface area contributed by atoms with Crippen molar-refractivity contribution in [2.75, 3.05) is 52.4 Å². The molecule has 0 radical (unpaired) electrons. The van der Waals surface area contributed by atoms with E-state index in [0.29, 0.717) is 0 Å². The summed E-state index contributed by atoms with van der Waals surface area (Å²) in [6.45, 7) is 16.3. The number of nitrogens with one attached hydrogen (secondary N) is 4. The van der Waals surface area contributed by atoms with Crippen molar-refractivity contribution in [1.29, 1.82) is 0 Å². The van der Waals surface area contributed by atoms with Gasteiger partial charge in [0.2, 0.25) is 0 Å². The molecule has 160 valence electrons. The van der Waals surface area contributed by atoms with Gasteiger partial charge in [0.05, 0.1) is 0 Å². The van der Waals surface area contributed by atoms with Gasteiger partial charge in [0.25, 0.3) is 0 Å². The number of amides is 2. The minimum absolute atomic E-state index is 0.00512. The number of unbranched alkanes of at least 4 members (excludes halogenated alkanes) is 3. The molecule has 0 aromatic carbocycles. The molecule has 0 aromatic rings. The Morgan fingerprint density at radius 1 is 0.926 bits per heavy atom. The number of hydrogen-bond donors (Lipinski definition) is 4. The van der Waals surface area contributed by atoms with E-state index >= 15 is 0 Å². The van der Waals surface area contributed by atoms with Crippen LogP contribution in [0.1, 0.15) is 66.2 Å². The fraction of sp³-hybridized carbons (Fsp3) is 0.952. The van der Waals surface area contributed by atoms with Crippen molar-refractivity contribution in [3.05, 3.63) is 0 Å². The van der Waals surface area contributed by atoms with Crippen LogP contribution >= 0.6 is 0 Å². The van der Waals surface area contributed by atoms with Crippen LogP contribution in [0.4, 0.5) is 4.79 Å². The van der Waals surface area contributed by atoms with Gasteiger partial charge in [-0.15, -0.1) is 0 Å². The fourth-order valence-corrected chi connectivity index (χ4v) is 3.56. The van der Waals surface area contributed by atoms with Gasteiger partial charge in [-0.1, -0.05) is 40.0 Å². The highest BCUT2D eigenvalue weighted by Crippen LogP contribution is 2.21. The smallest absolute Gasteiger partial charge is 0.317 e. The Hall–Kier alpha value is -0.850. The van der Waals surface area contributed by atoms with E-state index in [0.717, 1.165) is 52.4 Å². The van der Waals surface area contributed by atoms with Gasteiger partial charge in [-0.2, -0.15) is 0 Å². The quantitative estimate of drug-likeness (QED) is 0.291. The lowest BCUT2D eigenvalue weighted by atomic mass is 9.86. The fourth-order valence-electron chi connectivity index (χ4n) is 3.56. The lowest BCUT2D eigenvalue weighted by molar-refractivity contribution is 0.143. The van der Waals surface area contributed by atoms with E-state index in [-0.39, 0.29) is 17.5 Å². The number of carbonyl (C=O) groups is 1. The zero-order chi connectivity index (χ0) is 20.0. The average molecular weight is 384 g/mol. The first-order valence-electron chi connectivity index (χ1n) is 11.2. The zero-order valence-corrected chi connectivity index (χ0v) is 18.3. The van der Waals surface area contributed by atoms with Crippen LogP contribution in [0.15, 0.2) is 0 Å². The first kappa shape index (κ1) is 24.2. The molecule has 6 nitrogen and oxygen atoms in total. The Kier molecular flexibility index (Phi) is 12.7. The van der Waals surface area contributed by atoms with Gasteiger partial charge in [0.15, 0.2) is 0 Å². The lowest BCUT2D eigenvalue weighted by Gasteiger charge is -2.39. The summed E-state index contributed by atoms with van der Waals surface area (Å²) < 4.78 is 0. The third-order valence-corrected chi connectivity index (χ3v) is 5.47. The summed E-state index contributed by atoms with van der Waals surface area (Å²) in [6.07, 6.45) is 7.20. The van der Waals surface area contributed by atoms with Crippen LogP contribution in [-0.2, 0) is 0 Å². The third-order valence-electron chi connectivity index (χ3n) is 5.47. The van der Waals surface area contributed by atoms with Crippen molar-refractivity contribution in [1.82, 2.24) is 26.2 Å². The summed E-state index contributed by atoms with van der Waals surface area (Å²) in [5, 5.41) is 14.0. The molecule has 6 heteroatoms. The van der Waals surface area contributed by atoms with Crippen LogP contribution in [0.5, 0.6) is 0 Å². The van der Waals surface area contributed by atoms with Crippen LogP contribution in [0.25, 0.3) is 0 Å². The Bertz CT molecular complexity index is 359. The molecule has 2 amide bonds. The monoisotopic (exact) mass is 383 g/mol. The molecular weight excluding hydrogens is 338 g/mol. The molecule has 1 aliphatic heterocycles. The molecule has 0 bridgehead atoms. The van der Waals surface area contributed by atoms with Crippen molar-refractivity contribution in [2.24, 2.45) is 5.41 Å². The molecule has 27 heavy (non-hydrogen) atoms. The molecule has 1 atom stereocenters. The Labute approximate surface area is 167 Å². The van der Waals surface area contributed by atoms with Crippen molar-refractivity contribution in [2.45, 2.75) is 72.3 Å². The van der Waals surface area contributed by atoms with Gasteiger partial charge in [0, 0.05) is 44.2 Å². The van der Waals surface area contributed by atoms with E-state index < -0.39 is 0 Å². The van der Waals surface area contributed by atoms with Crippen LogP contribution in [0.2, 0.25) is 0 Å². The summed E-state index contributed by atoms with van der Waals surface area (Å²) in [7, 11) is 0. The topological polar surface area (TPSA) is 68.4 Å². The SMILES string of the molecule is CCCCNCC(CNCCCC)(CNCCCC)CN1C(=O)NCC1C. The van der Waals surface area contributed by atoms with Crippen LogP contribution in [0.3, 0.4) is 0 Å². The molecule has 4 N–H and O–H groups in total. The summed E-state index contributed by atoms with van der Waals surface area (Å²) >= 11 is 0. The maximum atomic E-state index is 12.3. The maximum Gasteiger partial charge on any atom is 0.317 e. The van der Waals surface area contributed by atoms with Gasteiger partial charge >= 0.3 is 6.03 Å². The second kappa shape index (κ2) is 14.2. The van der Waals surface area contributed by atoms with E-state index in [9.17, 15) is 4.79 Å². The number of carbonyl (C=O) groups excluding carboxylic acids is 1. The lowest BCUT2D eigenvalue weighted by Crippen LogP contribution is -2.56. The van der Waals surface area contributed by atoms with E-state index in [2.05, 4.69) is 49.0 Å². The molecule has 0 aromatic heterocycles. The molecule has 1 fully saturated rings. The van der Waals surface area contributed by atoms with E-state index in [4.69, 9.17) is 0 Å². The van der Waals surface area contributed by atoms with Gasteiger partial charge in [-0.25, -0.2) is 4.79 Å². The Morgan fingerprint density at radius 2 is 1.37 bits per heavy atom. The molecule has 1 rings (SSSR count). The summed E-state index contributed by atoms with van der Waals surface area (Å²) in [4.78, 5) is 14.4. The van der Waals surface area contributed by atoms with Crippen molar-refractivity contribution in [3.63, 3.8) is 0 Å². The molecule has 1 aliphatic rings. The Morgan fingerprint density at radius 3 is 1.70 bits per heavy atom. The number of hydrogen-bond acceptors (Lipinski definition) is 4. The number of nitrogens with zero attached hydrogens (tertiary/aromatic N) is 1. The summed E-state index contributed by atoms with van der Waals surface area (Å²) in [5.41, 5.74) is 0.00512. The number of rotatable bonds is 17. The summed E-state index contributed by atoms with van der Waals surface area (Å²) in [6, 6.07) is 0.348. The zero-order valence-electron chi connectivity index (χ0n) is 18.3. The largest absolute Gasteiger partial charge is 0.336 e. The standard InChI is InChI=1S/C21H45N5O/c1-5-8-11-22-15-21(16-23-12-9-6-2,17-24-13-10-7-3)18-26-19(4)14-25-20(26)27/h19,22-24H,5-18H2,1-4H3,(H,25,27). The highest BCUT2D eigenvalue weighted by atomic mass is 16.2. The first-order valence-corrected chi connectivity index (χ1v) is 11.2. The minimum atomic E-state index is 0.00512. The van der Waals surface area contributed by atoms with Crippen LogP contribution in [-0.4, -0.2) is 69.3 Å². The molecule has 0 saturated carbocycles. The predicted molar refractivity (Wildman–Crippen MR) is 115 cm³/mol. The molecule has 1 heterocycles. The van der Waals surface area contributed by atoms with Crippen molar-refractivity contribution >= 4 is 6.03 Å². The second-order valence-corrected chi connectivity index (χ2v) is 8.25. The molecule has 0 aliphatic carbocycles. The van der Waals surface area contributed by atoms with Crippen molar-refractivity contribution < 1.29 is 4.79 Å². The van der Waals surface area contributed by atoms with Gasteiger partial charge in [0.1, 0.15) is 0 Å². The second-order valence-electron chi connectivity index (χ2n) is 8.25. The molecule has 1 unspecified atom stereocenters. The Balaban J connectivity index is 2.79. The maximum absolute atomic E-state index is 12.3.